The lowest BCUT2D eigenvalue weighted by Crippen LogP contribution is -2.16. The predicted octanol–water partition coefficient (Wildman–Crippen LogP) is 3.48. The van der Waals surface area contributed by atoms with E-state index in [1.165, 1.54) is 0 Å². The van der Waals surface area contributed by atoms with Gasteiger partial charge in [-0.05, 0) is 18.6 Å². The lowest BCUT2D eigenvalue weighted by atomic mass is 10.0. The molecule has 0 spiro atoms. The first-order valence-electron chi connectivity index (χ1n) is 6.05. The van der Waals surface area contributed by atoms with E-state index in [2.05, 4.69) is 13.8 Å². The molecule has 1 unspecified atom stereocenters. The van der Waals surface area contributed by atoms with Crippen molar-refractivity contribution in [2.24, 2.45) is 5.92 Å². The van der Waals surface area contributed by atoms with Crippen LogP contribution in [0, 0.1) is 5.92 Å². The highest BCUT2D eigenvalue weighted by molar-refractivity contribution is 8.01. The number of hydrogen-bond donors (Lipinski definition) is 0. The van der Waals surface area contributed by atoms with Gasteiger partial charge in [-0.3, -0.25) is 9.59 Å². The summed E-state index contributed by atoms with van der Waals surface area (Å²) in [6.07, 6.45) is 1.79. The molecule has 0 aromatic carbocycles. The van der Waals surface area contributed by atoms with E-state index >= 15 is 0 Å². The summed E-state index contributed by atoms with van der Waals surface area (Å²) in [4.78, 5) is 23.1. The summed E-state index contributed by atoms with van der Waals surface area (Å²) < 4.78 is 0. The number of rotatable bonds is 8. The molecular weight excluding hydrogens is 220 g/mol. The van der Waals surface area contributed by atoms with E-state index in [4.69, 9.17) is 0 Å². The normalized spacial score (nSPS) is 13.2. The second-order valence-electron chi connectivity index (χ2n) is 4.77. The van der Waals surface area contributed by atoms with Gasteiger partial charge in [-0.2, -0.15) is 0 Å². The molecule has 0 aliphatic heterocycles. The summed E-state index contributed by atoms with van der Waals surface area (Å²) in [5.41, 5.74) is 0. The van der Waals surface area contributed by atoms with E-state index in [9.17, 15) is 9.59 Å². The highest BCUT2D eigenvalue weighted by atomic mass is 32.2. The topological polar surface area (TPSA) is 34.1 Å². The minimum Gasteiger partial charge on any atom is -0.299 e. The molecule has 0 aliphatic carbocycles. The van der Waals surface area contributed by atoms with Crippen molar-refractivity contribution >= 4 is 23.3 Å². The molecular formula is C13H24O2S. The van der Waals surface area contributed by atoms with Gasteiger partial charge >= 0.3 is 0 Å². The van der Waals surface area contributed by atoms with Gasteiger partial charge in [0.05, 0.1) is 5.25 Å². The van der Waals surface area contributed by atoms with Crippen LogP contribution >= 0.6 is 11.8 Å². The van der Waals surface area contributed by atoms with Gasteiger partial charge in [0.25, 0.3) is 0 Å². The van der Waals surface area contributed by atoms with E-state index in [0.29, 0.717) is 24.5 Å². The van der Waals surface area contributed by atoms with Crippen LogP contribution in [-0.4, -0.2) is 22.1 Å². The Morgan fingerprint density at radius 1 is 0.938 bits per heavy atom. The van der Waals surface area contributed by atoms with E-state index in [1.54, 1.807) is 11.8 Å². The summed E-state index contributed by atoms with van der Waals surface area (Å²) >= 11 is 1.69. The van der Waals surface area contributed by atoms with Crippen molar-refractivity contribution in [3.8, 4) is 0 Å². The Labute approximate surface area is 104 Å². The minimum atomic E-state index is 0.0640. The second kappa shape index (κ2) is 7.88. The average molecular weight is 244 g/mol. The zero-order valence-corrected chi connectivity index (χ0v) is 11.9. The largest absolute Gasteiger partial charge is 0.299 e. The van der Waals surface area contributed by atoms with Crippen molar-refractivity contribution in [3.05, 3.63) is 0 Å². The quantitative estimate of drug-likeness (QED) is 0.655. The molecule has 0 aliphatic rings. The zero-order chi connectivity index (χ0) is 12.7. The lowest BCUT2D eigenvalue weighted by molar-refractivity contribution is -0.122. The second-order valence-corrected chi connectivity index (χ2v) is 6.69. The molecule has 0 N–H and O–H groups in total. The van der Waals surface area contributed by atoms with Crippen LogP contribution in [0.2, 0.25) is 0 Å². The van der Waals surface area contributed by atoms with Gasteiger partial charge in [0.2, 0.25) is 0 Å². The van der Waals surface area contributed by atoms with Crippen molar-refractivity contribution in [1.29, 1.82) is 0 Å². The van der Waals surface area contributed by atoms with Crippen LogP contribution in [0.4, 0.5) is 0 Å². The fraction of sp³-hybridized carbons (Fsp3) is 0.846. The highest BCUT2D eigenvalue weighted by Crippen LogP contribution is 2.19. The average Bonchev–Trinajstić information content (AvgIpc) is 2.15. The first-order chi connectivity index (χ1) is 7.34. The third kappa shape index (κ3) is 7.04. The molecule has 0 rings (SSSR count). The molecule has 2 nitrogen and oxygen atoms in total. The number of hydrogen-bond acceptors (Lipinski definition) is 3. The van der Waals surface area contributed by atoms with Crippen molar-refractivity contribution in [2.75, 3.05) is 0 Å². The Bertz CT molecular complexity index is 234. The van der Waals surface area contributed by atoms with Crippen LogP contribution in [0.1, 0.15) is 53.9 Å². The van der Waals surface area contributed by atoms with E-state index in [1.807, 2.05) is 20.8 Å². The standard InChI is InChI=1S/C13H24O2S/c1-9(2)12(14)7-6-8-13(15)11(5)16-10(3)4/h9-11H,6-8H2,1-5H3. The van der Waals surface area contributed by atoms with Crippen LogP contribution in [0.3, 0.4) is 0 Å². The summed E-state index contributed by atoms with van der Waals surface area (Å²) in [7, 11) is 0. The molecule has 0 saturated heterocycles. The van der Waals surface area contributed by atoms with Crippen LogP contribution in [0.15, 0.2) is 0 Å². The first-order valence-corrected chi connectivity index (χ1v) is 6.99. The summed E-state index contributed by atoms with van der Waals surface area (Å²) in [5.74, 6) is 0.629. The first kappa shape index (κ1) is 15.7. The molecule has 0 heterocycles. The maximum atomic E-state index is 11.7. The Kier molecular flexibility index (Phi) is 7.73. The van der Waals surface area contributed by atoms with Crippen molar-refractivity contribution in [3.63, 3.8) is 0 Å². The third-order valence-corrected chi connectivity index (χ3v) is 3.64. The maximum Gasteiger partial charge on any atom is 0.145 e. The summed E-state index contributed by atoms with van der Waals surface area (Å²) in [5, 5.41) is 0.547. The van der Waals surface area contributed by atoms with Gasteiger partial charge in [-0.25, -0.2) is 0 Å². The van der Waals surface area contributed by atoms with Gasteiger partial charge < -0.3 is 0 Å². The molecule has 0 amide bonds. The Hall–Kier alpha value is -0.310. The van der Waals surface area contributed by atoms with Gasteiger partial charge in [-0.15, -0.1) is 11.8 Å². The fourth-order valence-electron chi connectivity index (χ4n) is 1.41. The van der Waals surface area contributed by atoms with Crippen LogP contribution in [0.25, 0.3) is 0 Å². The Morgan fingerprint density at radius 3 is 1.88 bits per heavy atom. The number of ketones is 2. The number of Topliss-reactive ketones (excluding diaryl/α,β-unsaturated/α-hetero) is 2. The molecule has 0 radical (unpaired) electrons. The molecule has 0 fully saturated rings. The summed E-state index contributed by atoms with van der Waals surface area (Å²) in [6, 6.07) is 0. The van der Waals surface area contributed by atoms with E-state index < -0.39 is 0 Å². The summed E-state index contributed by atoms with van der Waals surface area (Å²) in [6.45, 7) is 9.95. The molecule has 0 saturated carbocycles. The van der Waals surface area contributed by atoms with Crippen LogP contribution in [0.5, 0.6) is 0 Å². The lowest BCUT2D eigenvalue weighted by Gasteiger charge is -2.12. The van der Waals surface area contributed by atoms with E-state index in [-0.39, 0.29) is 22.7 Å². The smallest absolute Gasteiger partial charge is 0.145 e. The molecule has 3 heteroatoms. The molecule has 16 heavy (non-hydrogen) atoms. The van der Waals surface area contributed by atoms with Gasteiger partial charge in [0.1, 0.15) is 11.6 Å². The Morgan fingerprint density at radius 2 is 1.44 bits per heavy atom. The van der Waals surface area contributed by atoms with Crippen LogP contribution in [-0.2, 0) is 9.59 Å². The maximum absolute atomic E-state index is 11.7. The van der Waals surface area contributed by atoms with Crippen molar-refractivity contribution in [1.82, 2.24) is 0 Å². The molecule has 0 aromatic heterocycles. The van der Waals surface area contributed by atoms with Gasteiger partial charge in [0, 0.05) is 18.8 Å². The monoisotopic (exact) mass is 244 g/mol. The van der Waals surface area contributed by atoms with Crippen molar-refractivity contribution < 1.29 is 9.59 Å². The molecule has 1 atom stereocenters. The SMILES string of the molecule is CC(C)SC(C)C(=O)CCCC(=O)C(C)C. The number of thioether (sulfide) groups is 1. The predicted molar refractivity (Wildman–Crippen MR) is 70.9 cm³/mol. The minimum absolute atomic E-state index is 0.0640. The fourth-order valence-corrected chi connectivity index (χ4v) is 2.50. The van der Waals surface area contributed by atoms with Crippen molar-refractivity contribution in [2.45, 2.75) is 64.4 Å². The zero-order valence-electron chi connectivity index (χ0n) is 11.1. The molecule has 0 aromatic rings. The molecule has 94 valence electrons. The number of carbonyl (C=O) groups is 2. The Balaban J connectivity index is 3.77. The van der Waals surface area contributed by atoms with E-state index in [0.717, 1.165) is 0 Å². The van der Waals surface area contributed by atoms with Crippen LogP contribution < -0.4 is 0 Å². The number of carbonyl (C=O) groups excluding carboxylic acids is 2. The highest BCUT2D eigenvalue weighted by Gasteiger charge is 2.15. The molecule has 0 bridgehead atoms. The van der Waals surface area contributed by atoms with Gasteiger partial charge in [0.15, 0.2) is 0 Å². The third-order valence-electron chi connectivity index (χ3n) is 2.42. The van der Waals surface area contributed by atoms with Gasteiger partial charge in [-0.1, -0.05) is 27.7 Å².